The van der Waals surface area contributed by atoms with E-state index in [0.29, 0.717) is 68.0 Å². The molecular weight excluding hydrogens is 877 g/mol. The number of aromatic nitrogens is 12. The molecule has 69 heavy (non-hydrogen) atoms. The number of benzene rings is 1. The molecule has 0 bridgehead atoms. The van der Waals surface area contributed by atoms with Crippen molar-refractivity contribution in [2.75, 3.05) is 30.5 Å². The summed E-state index contributed by atoms with van der Waals surface area (Å²) in [5, 5.41) is 21.2. The van der Waals surface area contributed by atoms with Crippen LogP contribution >= 0.6 is 0 Å². The molecule has 19 heteroatoms. The minimum atomic E-state index is 0.186. The Balaban J connectivity index is 0.000000192. The Morgan fingerprint density at radius 3 is 1.71 bits per heavy atom. The molecule has 0 unspecified atom stereocenters. The fourth-order valence-corrected chi connectivity index (χ4v) is 7.95. The van der Waals surface area contributed by atoms with Crippen molar-refractivity contribution in [3.05, 3.63) is 125 Å². The number of anilines is 2. The van der Waals surface area contributed by atoms with E-state index < -0.39 is 0 Å². The molecule has 0 aliphatic heterocycles. The highest BCUT2D eigenvalue weighted by atomic mass is 16.5. The third-order valence-corrected chi connectivity index (χ3v) is 11.1. The van der Waals surface area contributed by atoms with Crippen molar-refractivity contribution in [3.8, 4) is 40.0 Å². The first-order chi connectivity index (χ1) is 33.3. The maximum Gasteiger partial charge on any atom is 0.246 e. The molecule has 9 aromatic rings. The second-order valence-corrected chi connectivity index (χ2v) is 16.9. The van der Waals surface area contributed by atoms with Crippen LogP contribution in [-0.2, 0) is 19.6 Å². The van der Waals surface area contributed by atoms with E-state index in [2.05, 4.69) is 86.4 Å². The number of fused-ring (bicyclic) bond motifs is 2. The predicted molar refractivity (Wildman–Crippen MR) is 261 cm³/mol. The van der Waals surface area contributed by atoms with E-state index in [1.807, 2.05) is 86.1 Å². The summed E-state index contributed by atoms with van der Waals surface area (Å²) in [6.45, 7) is 22.3. The van der Waals surface area contributed by atoms with Gasteiger partial charge in [0.2, 0.25) is 23.5 Å². The van der Waals surface area contributed by atoms with E-state index in [9.17, 15) is 0 Å². The van der Waals surface area contributed by atoms with Gasteiger partial charge in [-0.15, -0.1) is 0 Å². The summed E-state index contributed by atoms with van der Waals surface area (Å²) in [6, 6.07) is 19.8. The van der Waals surface area contributed by atoms with Gasteiger partial charge in [0.1, 0.15) is 28.4 Å². The van der Waals surface area contributed by atoms with E-state index in [1.54, 1.807) is 26.4 Å². The van der Waals surface area contributed by atoms with Crippen molar-refractivity contribution in [2.24, 2.45) is 0 Å². The zero-order chi connectivity index (χ0) is 48.8. The first kappa shape index (κ1) is 47.5. The quantitative estimate of drug-likeness (QED) is 0.0902. The number of rotatable bonds is 17. The van der Waals surface area contributed by atoms with E-state index >= 15 is 0 Å². The van der Waals surface area contributed by atoms with E-state index in [4.69, 9.17) is 43.4 Å². The van der Waals surface area contributed by atoms with Crippen LogP contribution in [0.15, 0.2) is 82.1 Å². The summed E-state index contributed by atoms with van der Waals surface area (Å²) < 4.78 is 31.6. The van der Waals surface area contributed by atoms with Crippen molar-refractivity contribution >= 4 is 22.4 Å². The third-order valence-electron chi connectivity index (χ3n) is 11.1. The first-order valence-electron chi connectivity index (χ1n) is 23.0. The number of methoxy groups -OCH3 is 1. The molecule has 1 aromatic carbocycles. The largest absolute Gasteiger partial charge is 0.497 e. The van der Waals surface area contributed by atoms with Gasteiger partial charge in [-0.1, -0.05) is 50.1 Å². The van der Waals surface area contributed by atoms with Crippen molar-refractivity contribution in [1.82, 2.24) is 59.4 Å². The lowest BCUT2D eigenvalue weighted by molar-refractivity contribution is 0.328. The Bertz CT molecular complexity index is 3170. The van der Waals surface area contributed by atoms with Gasteiger partial charge in [-0.25, -0.2) is 29.0 Å². The van der Waals surface area contributed by atoms with Gasteiger partial charge in [-0.2, -0.15) is 20.2 Å². The molecule has 0 aliphatic carbocycles. The summed E-state index contributed by atoms with van der Waals surface area (Å²) in [6.07, 6.45) is 3.44. The molecule has 0 fully saturated rings. The van der Waals surface area contributed by atoms with Crippen molar-refractivity contribution in [3.63, 3.8) is 0 Å². The van der Waals surface area contributed by atoms with Crippen LogP contribution in [0.2, 0.25) is 0 Å². The minimum absolute atomic E-state index is 0.186. The molecule has 1 N–H and O–H groups in total. The molecule has 8 aromatic heterocycles. The SMILES string of the molecule is CCOc1ncccc1-c1cc(N(Cc2ccc(OC)cc2)Cc2nc(C)no2)c2c(C(C)C)nc(C)n2n1.CCOc1ncccc1-c1cc(NCc2nc(C)no2)c2c(C(C)C)nc(C)n2n1. The summed E-state index contributed by atoms with van der Waals surface area (Å²) in [5.74, 6) is 6.17. The zero-order valence-electron chi connectivity index (χ0n) is 41.0. The van der Waals surface area contributed by atoms with Crippen LogP contribution in [-0.4, -0.2) is 79.8 Å². The molecule has 0 radical (unpaired) electrons. The number of nitrogens with one attached hydrogen (secondary N) is 1. The Morgan fingerprint density at radius 1 is 0.652 bits per heavy atom. The summed E-state index contributed by atoms with van der Waals surface area (Å²) in [7, 11) is 1.67. The second-order valence-electron chi connectivity index (χ2n) is 16.9. The van der Waals surface area contributed by atoms with Crippen LogP contribution in [0.4, 0.5) is 11.4 Å². The standard InChI is InChI=1S/C29H33N7O3.C21H25N7O2/c1-7-38-29-23(9-8-14-30-29)24-15-25(28-27(18(2)3)32-20(5)36(28)33-24)35(17-26-31-19(4)34-39-26)16-21-10-12-22(37-6)13-11-21;1-6-29-21-15(8-7-9-22-21)16-10-17(23-11-18-24-13(4)27-30-18)20-19(12(2)3)25-14(5)28(20)26-16/h8-15,18H,7,16-17H2,1-6H3;7-10,12,23H,6,11H2,1-5H3. The topological polar surface area (TPSA) is 207 Å². The summed E-state index contributed by atoms with van der Waals surface area (Å²) in [4.78, 5) is 29.5. The molecule has 0 amide bonds. The molecule has 0 saturated carbocycles. The molecule has 358 valence electrons. The number of nitrogens with zero attached hydrogens (tertiary/aromatic N) is 13. The van der Waals surface area contributed by atoms with Crippen molar-refractivity contribution in [2.45, 2.75) is 101 Å². The van der Waals surface area contributed by atoms with Gasteiger partial charge in [0.25, 0.3) is 0 Å². The van der Waals surface area contributed by atoms with Gasteiger partial charge in [0.05, 0.1) is 78.7 Å². The highest BCUT2D eigenvalue weighted by Crippen LogP contribution is 2.37. The van der Waals surface area contributed by atoms with Crippen LogP contribution < -0.4 is 24.4 Å². The van der Waals surface area contributed by atoms with E-state index in [0.717, 1.165) is 79.3 Å². The van der Waals surface area contributed by atoms with Crippen LogP contribution in [0.3, 0.4) is 0 Å². The van der Waals surface area contributed by atoms with Gasteiger partial charge < -0.3 is 33.5 Å². The number of pyridine rings is 2. The molecule has 0 spiro atoms. The molecular formula is C50H58N14O5. The maximum absolute atomic E-state index is 5.86. The van der Waals surface area contributed by atoms with Gasteiger partial charge in [0, 0.05) is 18.9 Å². The van der Waals surface area contributed by atoms with Crippen LogP contribution in [0, 0.1) is 27.7 Å². The number of aryl methyl sites for hydroxylation is 4. The molecule has 0 aliphatic rings. The molecule has 0 atom stereocenters. The monoisotopic (exact) mass is 934 g/mol. The Morgan fingerprint density at radius 2 is 1.19 bits per heavy atom. The van der Waals surface area contributed by atoms with Crippen molar-refractivity contribution in [1.29, 1.82) is 0 Å². The molecule has 0 saturated heterocycles. The summed E-state index contributed by atoms with van der Waals surface area (Å²) >= 11 is 0. The normalized spacial score (nSPS) is 11.4. The van der Waals surface area contributed by atoms with Gasteiger partial charge in [0.15, 0.2) is 11.6 Å². The Kier molecular flexibility index (Phi) is 14.4. The minimum Gasteiger partial charge on any atom is -0.497 e. The van der Waals surface area contributed by atoms with Gasteiger partial charge in [-0.05, 0) is 107 Å². The average Bonchev–Trinajstić information content (AvgIpc) is 4.14. The summed E-state index contributed by atoms with van der Waals surface area (Å²) in [5.41, 5.74) is 9.84. The van der Waals surface area contributed by atoms with Crippen LogP contribution in [0.5, 0.6) is 17.5 Å². The van der Waals surface area contributed by atoms with Crippen LogP contribution in [0.25, 0.3) is 33.5 Å². The Labute approximate surface area is 400 Å². The van der Waals surface area contributed by atoms with E-state index in [-0.39, 0.29) is 11.8 Å². The number of imidazole rings is 2. The zero-order valence-corrected chi connectivity index (χ0v) is 41.0. The smallest absolute Gasteiger partial charge is 0.246 e. The predicted octanol–water partition coefficient (Wildman–Crippen LogP) is 9.45. The second kappa shape index (κ2) is 20.9. The fraction of sp³-hybridized carbons (Fsp3) is 0.360. The third kappa shape index (κ3) is 10.5. The Hall–Kier alpha value is -7.96. The van der Waals surface area contributed by atoms with Gasteiger partial charge >= 0.3 is 0 Å². The highest BCUT2D eigenvalue weighted by molar-refractivity contribution is 5.82. The lowest BCUT2D eigenvalue weighted by Crippen LogP contribution is -2.24. The van der Waals surface area contributed by atoms with E-state index in [1.165, 1.54) is 0 Å². The number of hydrogen-bond acceptors (Lipinski definition) is 17. The number of hydrogen-bond donors (Lipinski definition) is 1. The molecule has 9 rings (SSSR count). The fourth-order valence-electron chi connectivity index (χ4n) is 7.95. The van der Waals surface area contributed by atoms with Crippen molar-refractivity contribution < 1.29 is 23.3 Å². The molecule has 8 heterocycles. The van der Waals surface area contributed by atoms with Crippen LogP contribution in [0.1, 0.15) is 105 Å². The molecule has 19 nitrogen and oxygen atoms in total. The number of ether oxygens (including phenoxy) is 3. The lowest BCUT2D eigenvalue weighted by atomic mass is 10.1. The maximum atomic E-state index is 5.86. The average molecular weight is 935 g/mol. The first-order valence-corrected chi connectivity index (χ1v) is 23.0. The van der Waals surface area contributed by atoms with Gasteiger partial charge in [-0.3, -0.25) is 0 Å². The lowest BCUT2D eigenvalue weighted by Gasteiger charge is -2.26. The highest BCUT2D eigenvalue weighted by Gasteiger charge is 2.25.